The summed E-state index contributed by atoms with van der Waals surface area (Å²) in [6.45, 7) is 5.51. The fourth-order valence-electron chi connectivity index (χ4n) is 1.57. The molecule has 0 aliphatic heterocycles. The quantitative estimate of drug-likeness (QED) is 0.793. The third-order valence-corrected chi connectivity index (χ3v) is 2.97. The molecule has 2 heteroatoms. The summed E-state index contributed by atoms with van der Waals surface area (Å²) in [5, 5.41) is 3.51. The predicted molar refractivity (Wildman–Crippen MR) is 72.2 cm³/mol. The van der Waals surface area contributed by atoms with E-state index in [4.69, 9.17) is 0 Å². The van der Waals surface area contributed by atoms with Crippen LogP contribution in [0, 0.1) is 0 Å². The van der Waals surface area contributed by atoms with Crippen molar-refractivity contribution in [3.05, 3.63) is 29.8 Å². The minimum Gasteiger partial charge on any atom is -0.378 e. The van der Waals surface area contributed by atoms with Crippen LogP contribution in [0.15, 0.2) is 24.3 Å². The monoisotopic (exact) mass is 220 g/mol. The van der Waals surface area contributed by atoms with Gasteiger partial charge in [0.25, 0.3) is 0 Å². The van der Waals surface area contributed by atoms with Gasteiger partial charge < -0.3 is 10.2 Å². The summed E-state index contributed by atoms with van der Waals surface area (Å²) in [5.41, 5.74) is 2.67. The lowest BCUT2D eigenvalue weighted by Gasteiger charge is -2.13. The lowest BCUT2D eigenvalue weighted by molar-refractivity contribution is 0.537. The molecule has 1 N–H and O–H groups in total. The number of hydrogen-bond donors (Lipinski definition) is 1. The number of anilines is 1. The Balaban J connectivity index is 2.38. The molecule has 2 nitrogen and oxygen atoms in total. The number of benzene rings is 1. The maximum atomic E-state index is 3.51. The Kier molecular flexibility index (Phi) is 5.33. The molecular weight excluding hydrogens is 196 g/mol. The van der Waals surface area contributed by atoms with Gasteiger partial charge in [0, 0.05) is 25.8 Å². The van der Waals surface area contributed by atoms with Crippen molar-refractivity contribution in [1.82, 2.24) is 5.32 Å². The molecule has 0 saturated carbocycles. The zero-order valence-corrected chi connectivity index (χ0v) is 11.0. The van der Waals surface area contributed by atoms with Gasteiger partial charge in [-0.25, -0.2) is 0 Å². The van der Waals surface area contributed by atoms with Gasteiger partial charge in [0.2, 0.25) is 0 Å². The second-order valence-corrected chi connectivity index (χ2v) is 4.57. The zero-order chi connectivity index (χ0) is 12.0. The molecule has 0 saturated heterocycles. The maximum absolute atomic E-state index is 3.51. The third-order valence-electron chi connectivity index (χ3n) is 2.97. The van der Waals surface area contributed by atoms with Crippen LogP contribution in [0.5, 0.6) is 0 Å². The largest absolute Gasteiger partial charge is 0.378 e. The number of nitrogens with one attached hydrogen (secondary N) is 1. The lowest BCUT2D eigenvalue weighted by atomic mass is 10.1. The van der Waals surface area contributed by atoms with Crippen molar-refractivity contribution < 1.29 is 0 Å². The topological polar surface area (TPSA) is 15.3 Å². The van der Waals surface area contributed by atoms with Gasteiger partial charge in [-0.1, -0.05) is 19.1 Å². The molecule has 0 amide bonds. The van der Waals surface area contributed by atoms with Crippen LogP contribution < -0.4 is 10.2 Å². The highest BCUT2D eigenvalue weighted by Crippen LogP contribution is 2.12. The van der Waals surface area contributed by atoms with Crippen molar-refractivity contribution >= 4 is 5.69 Å². The summed E-state index contributed by atoms with van der Waals surface area (Å²) in [6, 6.07) is 9.42. The van der Waals surface area contributed by atoms with Crippen molar-refractivity contribution in [1.29, 1.82) is 0 Å². The SMILES string of the molecule is CCC(C)NCCc1ccc(N(C)C)cc1. The number of rotatable bonds is 6. The highest BCUT2D eigenvalue weighted by molar-refractivity contribution is 5.45. The summed E-state index contributed by atoms with van der Waals surface area (Å²) in [4.78, 5) is 2.13. The Morgan fingerprint density at radius 3 is 2.31 bits per heavy atom. The van der Waals surface area contributed by atoms with E-state index in [-0.39, 0.29) is 0 Å². The zero-order valence-electron chi connectivity index (χ0n) is 11.0. The van der Waals surface area contributed by atoms with Crippen molar-refractivity contribution in [2.45, 2.75) is 32.7 Å². The summed E-state index contributed by atoms with van der Waals surface area (Å²) < 4.78 is 0. The molecule has 90 valence electrons. The molecule has 0 bridgehead atoms. The minimum atomic E-state index is 0.626. The van der Waals surface area contributed by atoms with E-state index >= 15 is 0 Å². The van der Waals surface area contributed by atoms with E-state index in [1.807, 2.05) is 0 Å². The van der Waals surface area contributed by atoms with Crippen LogP contribution in [0.3, 0.4) is 0 Å². The van der Waals surface area contributed by atoms with Crippen LogP contribution in [0.25, 0.3) is 0 Å². The Labute approximate surface area is 99.7 Å². The van der Waals surface area contributed by atoms with Gasteiger partial charge in [-0.05, 0) is 44.0 Å². The van der Waals surface area contributed by atoms with E-state index in [1.165, 1.54) is 17.7 Å². The second-order valence-electron chi connectivity index (χ2n) is 4.57. The van der Waals surface area contributed by atoms with Crippen LogP contribution in [0.2, 0.25) is 0 Å². The van der Waals surface area contributed by atoms with Crippen LogP contribution in [0.4, 0.5) is 5.69 Å². The average Bonchev–Trinajstić information content (AvgIpc) is 2.29. The van der Waals surface area contributed by atoms with E-state index in [9.17, 15) is 0 Å². The molecular formula is C14H24N2. The van der Waals surface area contributed by atoms with Gasteiger partial charge in [0.15, 0.2) is 0 Å². The van der Waals surface area contributed by atoms with Gasteiger partial charge >= 0.3 is 0 Å². The third kappa shape index (κ3) is 4.23. The van der Waals surface area contributed by atoms with E-state index in [0.717, 1.165) is 13.0 Å². The molecule has 0 heterocycles. The van der Waals surface area contributed by atoms with Crippen LogP contribution in [-0.2, 0) is 6.42 Å². The summed E-state index contributed by atoms with van der Waals surface area (Å²) >= 11 is 0. The molecule has 0 aliphatic carbocycles. The first kappa shape index (κ1) is 13.0. The lowest BCUT2D eigenvalue weighted by Crippen LogP contribution is -2.27. The molecule has 0 radical (unpaired) electrons. The Hall–Kier alpha value is -1.02. The van der Waals surface area contributed by atoms with Crippen molar-refractivity contribution in [3.8, 4) is 0 Å². The Bertz CT molecular complexity index is 290. The average molecular weight is 220 g/mol. The minimum absolute atomic E-state index is 0.626. The summed E-state index contributed by atoms with van der Waals surface area (Å²) in [6.07, 6.45) is 2.30. The molecule has 16 heavy (non-hydrogen) atoms. The van der Waals surface area contributed by atoms with E-state index < -0.39 is 0 Å². The van der Waals surface area contributed by atoms with E-state index in [1.54, 1.807) is 0 Å². The molecule has 0 spiro atoms. The Morgan fingerprint density at radius 1 is 1.19 bits per heavy atom. The molecule has 0 aromatic heterocycles. The van der Waals surface area contributed by atoms with Crippen LogP contribution >= 0.6 is 0 Å². The van der Waals surface area contributed by atoms with Crippen molar-refractivity contribution in [2.75, 3.05) is 25.5 Å². The first-order chi connectivity index (χ1) is 7.63. The highest BCUT2D eigenvalue weighted by atomic mass is 15.1. The normalized spacial score (nSPS) is 12.5. The standard InChI is InChI=1S/C14H24N2/c1-5-12(2)15-11-10-13-6-8-14(9-7-13)16(3)4/h6-9,12,15H,5,10-11H2,1-4H3. The maximum Gasteiger partial charge on any atom is 0.0361 e. The smallest absolute Gasteiger partial charge is 0.0361 e. The molecule has 1 aromatic carbocycles. The second kappa shape index (κ2) is 6.54. The van der Waals surface area contributed by atoms with Gasteiger partial charge in [0.1, 0.15) is 0 Å². The van der Waals surface area contributed by atoms with Gasteiger partial charge in [-0.2, -0.15) is 0 Å². The molecule has 1 rings (SSSR count). The summed E-state index contributed by atoms with van der Waals surface area (Å²) in [7, 11) is 4.14. The molecule has 1 unspecified atom stereocenters. The number of nitrogens with zero attached hydrogens (tertiary/aromatic N) is 1. The fourth-order valence-corrected chi connectivity index (χ4v) is 1.57. The van der Waals surface area contributed by atoms with Gasteiger partial charge in [-0.3, -0.25) is 0 Å². The molecule has 1 aromatic rings. The van der Waals surface area contributed by atoms with Crippen LogP contribution in [-0.4, -0.2) is 26.7 Å². The van der Waals surface area contributed by atoms with Crippen molar-refractivity contribution in [2.24, 2.45) is 0 Å². The number of hydrogen-bond acceptors (Lipinski definition) is 2. The van der Waals surface area contributed by atoms with Crippen LogP contribution in [0.1, 0.15) is 25.8 Å². The fraction of sp³-hybridized carbons (Fsp3) is 0.571. The predicted octanol–water partition coefficient (Wildman–Crippen LogP) is 2.68. The molecule has 0 fully saturated rings. The molecule has 0 aliphatic rings. The van der Waals surface area contributed by atoms with Gasteiger partial charge in [0.05, 0.1) is 0 Å². The highest BCUT2D eigenvalue weighted by Gasteiger charge is 1.98. The Morgan fingerprint density at radius 2 is 1.81 bits per heavy atom. The first-order valence-electron chi connectivity index (χ1n) is 6.13. The first-order valence-corrected chi connectivity index (χ1v) is 6.13. The molecule has 1 atom stereocenters. The van der Waals surface area contributed by atoms with Crippen molar-refractivity contribution in [3.63, 3.8) is 0 Å². The van der Waals surface area contributed by atoms with E-state index in [0.29, 0.717) is 6.04 Å². The van der Waals surface area contributed by atoms with Gasteiger partial charge in [-0.15, -0.1) is 0 Å². The summed E-state index contributed by atoms with van der Waals surface area (Å²) in [5.74, 6) is 0. The van der Waals surface area contributed by atoms with E-state index in [2.05, 4.69) is 62.4 Å².